The average Bonchev–Trinajstić information content (AvgIpc) is 2.86. The van der Waals surface area contributed by atoms with Crippen LogP contribution in [0.1, 0.15) is 36.1 Å². The lowest BCUT2D eigenvalue weighted by Crippen LogP contribution is -2.20. The number of nitrogens with one attached hydrogen (secondary N) is 1. The van der Waals surface area contributed by atoms with Gasteiger partial charge in [-0.05, 0) is 38.7 Å². The summed E-state index contributed by atoms with van der Waals surface area (Å²) < 4.78 is 5.58. The van der Waals surface area contributed by atoms with E-state index in [-0.39, 0.29) is 0 Å². The number of hydrogen-bond donors (Lipinski definition) is 2. The van der Waals surface area contributed by atoms with Crippen LogP contribution in [-0.2, 0) is 4.74 Å². The highest BCUT2D eigenvalue weighted by Gasteiger charge is 2.16. The summed E-state index contributed by atoms with van der Waals surface area (Å²) in [6, 6.07) is 0. The number of nitrogens with two attached hydrogens (primary N) is 1. The van der Waals surface area contributed by atoms with Crippen LogP contribution in [0.15, 0.2) is 0 Å². The molecule has 1 atom stereocenters. The van der Waals surface area contributed by atoms with Crippen molar-refractivity contribution in [2.75, 3.05) is 18.5 Å². The number of thiocarbonyl (C=S) groups is 1. The van der Waals surface area contributed by atoms with Gasteiger partial charge in [-0.25, -0.2) is 0 Å². The summed E-state index contributed by atoms with van der Waals surface area (Å²) in [4.78, 5) is 0.357. The summed E-state index contributed by atoms with van der Waals surface area (Å²) in [7, 11) is 0. The molecule has 0 aromatic carbocycles. The van der Waals surface area contributed by atoms with Gasteiger partial charge in [0, 0.05) is 13.2 Å². The third-order valence-electron chi connectivity index (χ3n) is 3.48. The van der Waals surface area contributed by atoms with Crippen molar-refractivity contribution in [2.45, 2.75) is 39.2 Å². The minimum atomic E-state index is 0.357. The maximum atomic E-state index is 5.78. The number of hydrogen-bond acceptors (Lipinski definition) is 5. The summed E-state index contributed by atoms with van der Waals surface area (Å²) in [6.07, 6.45) is 3.63. The Kier molecular flexibility index (Phi) is 4.66. The third-order valence-corrected chi connectivity index (χ3v) is 3.69. The zero-order chi connectivity index (χ0) is 13.8. The number of nitrogens with zero attached hydrogens (tertiary/aromatic N) is 2. The second-order valence-electron chi connectivity index (χ2n) is 4.85. The van der Waals surface area contributed by atoms with Gasteiger partial charge in [0.15, 0.2) is 5.82 Å². The van der Waals surface area contributed by atoms with Crippen molar-refractivity contribution >= 4 is 23.0 Å². The standard InChI is InChI=1S/C13H20N4OS/c1-8-9(2)16-17-13(11(8)12(14)19)15-6-5-10-4-3-7-18-10/h10H,3-7H2,1-2H3,(H2,14,19)(H,15,17). The number of anilines is 1. The second-order valence-corrected chi connectivity index (χ2v) is 5.29. The molecule has 6 heteroatoms. The molecule has 0 bridgehead atoms. The van der Waals surface area contributed by atoms with Crippen molar-refractivity contribution < 1.29 is 4.74 Å². The smallest absolute Gasteiger partial charge is 0.159 e. The first-order valence-corrected chi connectivity index (χ1v) is 6.99. The fourth-order valence-corrected chi connectivity index (χ4v) is 2.51. The highest BCUT2D eigenvalue weighted by atomic mass is 32.1. The number of aryl methyl sites for hydroxylation is 1. The Balaban J connectivity index is 2.02. The molecule has 1 saturated heterocycles. The highest BCUT2D eigenvalue weighted by molar-refractivity contribution is 7.80. The van der Waals surface area contributed by atoms with E-state index in [0.29, 0.717) is 16.9 Å². The van der Waals surface area contributed by atoms with Crippen LogP contribution >= 0.6 is 12.2 Å². The van der Waals surface area contributed by atoms with Crippen LogP contribution in [0.4, 0.5) is 5.82 Å². The molecule has 0 aliphatic carbocycles. The molecule has 1 fully saturated rings. The molecule has 2 heterocycles. The molecule has 0 saturated carbocycles. The fraction of sp³-hybridized carbons (Fsp3) is 0.615. The Hall–Kier alpha value is -1.27. The Labute approximate surface area is 118 Å². The average molecular weight is 280 g/mol. The van der Waals surface area contributed by atoms with Crippen LogP contribution in [0.5, 0.6) is 0 Å². The van der Waals surface area contributed by atoms with Gasteiger partial charge in [-0.2, -0.15) is 5.10 Å². The molecule has 2 rings (SSSR count). The first-order chi connectivity index (χ1) is 9.09. The summed E-state index contributed by atoms with van der Waals surface area (Å²) in [6.45, 7) is 5.54. The third kappa shape index (κ3) is 3.39. The Morgan fingerprint density at radius 1 is 1.47 bits per heavy atom. The molecule has 1 aliphatic rings. The predicted octanol–water partition coefficient (Wildman–Crippen LogP) is 1.71. The van der Waals surface area contributed by atoms with E-state index in [4.69, 9.17) is 22.7 Å². The van der Waals surface area contributed by atoms with Crippen LogP contribution in [0.3, 0.4) is 0 Å². The van der Waals surface area contributed by atoms with Gasteiger partial charge in [0.25, 0.3) is 0 Å². The Morgan fingerprint density at radius 2 is 2.26 bits per heavy atom. The largest absolute Gasteiger partial charge is 0.389 e. The maximum Gasteiger partial charge on any atom is 0.159 e. The lowest BCUT2D eigenvalue weighted by Gasteiger charge is -2.14. The molecule has 0 radical (unpaired) electrons. The minimum Gasteiger partial charge on any atom is -0.389 e. The van der Waals surface area contributed by atoms with E-state index >= 15 is 0 Å². The molecule has 3 N–H and O–H groups in total. The van der Waals surface area contributed by atoms with Gasteiger partial charge in [-0.3, -0.25) is 0 Å². The van der Waals surface area contributed by atoms with Gasteiger partial charge in [-0.1, -0.05) is 12.2 Å². The topological polar surface area (TPSA) is 73.1 Å². The SMILES string of the molecule is Cc1nnc(NCCC2CCCO2)c(C(N)=S)c1C. The monoisotopic (exact) mass is 280 g/mol. The molecule has 1 aromatic heterocycles. The maximum absolute atomic E-state index is 5.78. The number of ether oxygens (including phenoxy) is 1. The first kappa shape index (κ1) is 14.1. The quantitative estimate of drug-likeness (QED) is 0.800. The second kappa shape index (κ2) is 6.25. The molecule has 0 spiro atoms. The minimum absolute atomic E-state index is 0.357. The van der Waals surface area contributed by atoms with E-state index < -0.39 is 0 Å². The van der Waals surface area contributed by atoms with Gasteiger partial charge in [0.2, 0.25) is 0 Å². The number of aromatic nitrogens is 2. The van der Waals surface area contributed by atoms with E-state index in [1.54, 1.807) is 0 Å². The van der Waals surface area contributed by atoms with E-state index in [0.717, 1.165) is 49.2 Å². The van der Waals surface area contributed by atoms with Crippen molar-refractivity contribution in [1.82, 2.24) is 10.2 Å². The van der Waals surface area contributed by atoms with Gasteiger partial charge in [-0.15, -0.1) is 5.10 Å². The summed E-state index contributed by atoms with van der Waals surface area (Å²) >= 11 is 5.10. The summed E-state index contributed by atoms with van der Waals surface area (Å²) in [5.74, 6) is 0.675. The fourth-order valence-electron chi connectivity index (χ4n) is 2.26. The Morgan fingerprint density at radius 3 is 2.89 bits per heavy atom. The van der Waals surface area contributed by atoms with Gasteiger partial charge in [0.05, 0.1) is 17.4 Å². The normalized spacial score (nSPS) is 18.5. The van der Waals surface area contributed by atoms with Crippen LogP contribution < -0.4 is 11.1 Å². The molecule has 1 aliphatic heterocycles. The predicted molar refractivity (Wildman–Crippen MR) is 79.5 cm³/mol. The summed E-state index contributed by atoms with van der Waals surface area (Å²) in [5.41, 5.74) is 8.42. The highest BCUT2D eigenvalue weighted by Crippen LogP contribution is 2.19. The molecule has 1 unspecified atom stereocenters. The van der Waals surface area contributed by atoms with Crippen LogP contribution in [0, 0.1) is 13.8 Å². The molecule has 104 valence electrons. The molecule has 0 amide bonds. The van der Waals surface area contributed by atoms with Crippen molar-refractivity contribution in [3.05, 3.63) is 16.8 Å². The van der Waals surface area contributed by atoms with Crippen molar-refractivity contribution in [1.29, 1.82) is 0 Å². The van der Waals surface area contributed by atoms with Crippen molar-refractivity contribution in [2.24, 2.45) is 5.73 Å². The Bertz CT molecular complexity index is 472. The number of rotatable bonds is 5. The van der Waals surface area contributed by atoms with Gasteiger partial charge < -0.3 is 15.8 Å². The molecule has 19 heavy (non-hydrogen) atoms. The van der Waals surface area contributed by atoms with Gasteiger partial charge in [0.1, 0.15) is 4.99 Å². The van der Waals surface area contributed by atoms with E-state index in [1.807, 2.05) is 13.8 Å². The van der Waals surface area contributed by atoms with Crippen molar-refractivity contribution in [3.8, 4) is 0 Å². The molecule has 5 nitrogen and oxygen atoms in total. The molecular weight excluding hydrogens is 260 g/mol. The van der Waals surface area contributed by atoms with E-state index in [9.17, 15) is 0 Å². The molecule has 1 aromatic rings. The van der Waals surface area contributed by atoms with E-state index in [1.165, 1.54) is 0 Å². The molecular formula is C13H20N4OS. The van der Waals surface area contributed by atoms with E-state index in [2.05, 4.69) is 15.5 Å². The zero-order valence-corrected chi connectivity index (χ0v) is 12.2. The lowest BCUT2D eigenvalue weighted by atomic mass is 10.1. The first-order valence-electron chi connectivity index (χ1n) is 6.58. The van der Waals surface area contributed by atoms with Crippen LogP contribution in [0.25, 0.3) is 0 Å². The van der Waals surface area contributed by atoms with Crippen LogP contribution in [-0.4, -0.2) is 34.4 Å². The summed E-state index contributed by atoms with van der Waals surface area (Å²) in [5, 5.41) is 11.5. The van der Waals surface area contributed by atoms with Crippen molar-refractivity contribution in [3.63, 3.8) is 0 Å². The lowest BCUT2D eigenvalue weighted by molar-refractivity contribution is 0.107. The zero-order valence-electron chi connectivity index (χ0n) is 11.4. The van der Waals surface area contributed by atoms with Crippen LogP contribution in [0.2, 0.25) is 0 Å². The van der Waals surface area contributed by atoms with Gasteiger partial charge >= 0.3 is 0 Å².